The third kappa shape index (κ3) is 3.52. The second-order valence-corrected chi connectivity index (χ2v) is 4.29. The minimum Gasteiger partial charge on any atom is -0.399 e. The van der Waals surface area contributed by atoms with E-state index in [-0.39, 0.29) is 0 Å². The average Bonchev–Trinajstić information content (AvgIpc) is 2.29. The third-order valence-electron chi connectivity index (χ3n) is 2.71. The largest absolute Gasteiger partial charge is 0.399 e. The Morgan fingerprint density at radius 3 is 2.65 bits per heavy atom. The summed E-state index contributed by atoms with van der Waals surface area (Å²) in [4.78, 5) is 0. The van der Waals surface area contributed by atoms with Crippen LogP contribution in [0.1, 0.15) is 11.1 Å². The number of nitrogen functional groups attached to an aromatic ring is 1. The van der Waals surface area contributed by atoms with Crippen LogP contribution < -0.4 is 11.1 Å². The summed E-state index contributed by atoms with van der Waals surface area (Å²) in [7, 11) is 0. The molecular weight excluding hydrogens is 208 g/mol. The highest BCUT2D eigenvalue weighted by atomic mass is 14.9. The molecule has 0 aliphatic rings. The molecular formula is C15H18N2. The lowest BCUT2D eigenvalue weighted by atomic mass is 10.1. The molecule has 88 valence electrons. The number of hydrogen-bond donors (Lipinski definition) is 2. The quantitative estimate of drug-likeness (QED) is 0.785. The van der Waals surface area contributed by atoms with Crippen LogP contribution in [0.2, 0.25) is 0 Å². The minimum atomic E-state index is 0.797. The molecule has 2 aromatic carbocycles. The van der Waals surface area contributed by atoms with Gasteiger partial charge in [0.25, 0.3) is 0 Å². The summed E-state index contributed by atoms with van der Waals surface area (Å²) in [5, 5.41) is 3.37. The standard InChI is InChI=1S/C15H18N2/c1-12-4-2-5-13(10-12)8-9-17-15-7-3-6-14(16)11-15/h2-7,10-11,17H,8-9,16H2,1H3. The highest BCUT2D eigenvalue weighted by molar-refractivity contribution is 5.54. The Morgan fingerprint density at radius 2 is 1.88 bits per heavy atom. The number of rotatable bonds is 4. The normalized spacial score (nSPS) is 10.2. The molecule has 0 aromatic heterocycles. The van der Waals surface area contributed by atoms with Crippen molar-refractivity contribution in [3.05, 3.63) is 59.7 Å². The van der Waals surface area contributed by atoms with Crippen LogP contribution in [0.4, 0.5) is 11.4 Å². The molecule has 0 atom stereocenters. The maximum Gasteiger partial charge on any atom is 0.0360 e. The van der Waals surface area contributed by atoms with Gasteiger partial charge in [-0.05, 0) is 37.1 Å². The molecule has 0 saturated carbocycles. The van der Waals surface area contributed by atoms with E-state index in [9.17, 15) is 0 Å². The summed E-state index contributed by atoms with van der Waals surface area (Å²) in [5.41, 5.74) is 10.3. The molecule has 0 heterocycles. The molecule has 0 amide bonds. The number of nitrogens with two attached hydrogens (primary N) is 1. The van der Waals surface area contributed by atoms with Crippen molar-refractivity contribution in [3.63, 3.8) is 0 Å². The first-order chi connectivity index (χ1) is 8.24. The van der Waals surface area contributed by atoms with Gasteiger partial charge in [0.1, 0.15) is 0 Å². The summed E-state index contributed by atoms with van der Waals surface area (Å²) >= 11 is 0. The Balaban J connectivity index is 1.87. The van der Waals surface area contributed by atoms with E-state index in [2.05, 4.69) is 36.5 Å². The van der Waals surface area contributed by atoms with Crippen LogP contribution in [0.25, 0.3) is 0 Å². The van der Waals surface area contributed by atoms with Crippen molar-refractivity contribution < 1.29 is 0 Å². The van der Waals surface area contributed by atoms with E-state index in [1.165, 1.54) is 11.1 Å². The molecule has 3 N–H and O–H groups in total. The lowest BCUT2D eigenvalue weighted by Crippen LogP contribution is -2.05. The van der Waals surface area contributed by atoms with Crippen molar-refractivity contribution in [2.75, 3.05) is 17.6 Å². The van der Waals surface area contributed by atoms with Gasteiger partial charge in [-0.1, -0.05) is 35.9 Å². The lowest BCUT2D eigenvalue weighted by Gasteiger charge is -2.07. The highest BCUT2D eigenvalue weighted by Gasteiger charge is 1.95. The molecule has 0 bridgehead atoms. The van der Waals surface area contributed by atoms with Crippen molar-refractivity contribution in [3.8, 4) is 0 Å². The molecule has 0 fully saturated rings. The van der Waals surface area contributed by atoms with Gasteiger partial charge in [0.15, 0.2) is 0 Å². The molecule has 17 heavy (non-hydrogen) atoms. The van der Waals surface area contributed by atoms with Gasteiger partial charge in [0, 0.05) is 17.9 Å². The van der Waals surface area contributed by atoms with Gasteiger partial charge < -0.3 is 11.1 Å². The van der Waals surface area contributed by atoms with E-state index in [4.69, 9.17) is 5.73 Å². The SMILES string of the molecule is Cc1cccc(CCNc2cccc(N)c2)c1. The second kappa shape index (κ2) is 5.39. The molecule has 0 radical (unpaired) electrons. The van der Waals surface area contributed by atoms with Gasteiger partial charge in [-0.2, -0.15) is 0 Å². The predicted molar refractivity (Wildman–Crippen MR) is 74.2 cm³/mol. The van der Waals surface area contributed by atoms with Gasteiger partial charge in [-0.3, -0.25) is 0 Å². The summed E-state index contributed by atoms with van der Waals surface area (Å²) in [5.74, 6) is 0. The average molecular weight is 226 g/mol. The Morgan fingerprint density at radius 1 is 1.06 bits per heavy atom. The number of anilines is 2. The molecule has 0 unspecified atom stereocenters. The van der Waals surface area contributed by atoms with Crippen molar-refractivity contribution in [2.45, 2.75) is 13.3 Å². The van der Waals surface area contributed by atoms with Crippen molar-refractivity contribution in [1.82, 2.24) is 0 Å². The number of hydrogen-bond acceptors (Lipinski definition) is 2. The molecule has 0 aliphatic heterocycles. The highest BCUT2D eigenvalue weighted by Crippen LogP contribution is 2.12. The Bertz CT molecular complexity index is 446. The van der Waals surface area contributed by atoms with Crippen LogP contribution >= 0.6 is 0 Å². The number of nitrogens with one attached hydrogen (secondary N) is 1. The van der Waals surface area contributed by atoms with Gasteiger partial charge >= 0.3 is 0 Å². The van der Waals surface area contributed by atoms with Crippen molar-refractivity contribution in [2.24, 2.45) is 0 Å². The van der Waals surface area contributed by atoms with Crippen molar-refractivity contribution in [1.29, 1.82) is 0 Å². The number of benzene rings is 2. The Labute approximate surface area is 102 Å². The summed E-state index contributed by atoms with van der Waals surface area (Å²) in [6.07, 6.45) is 1.02. The van der Waals surface area contributed by atoms with Crippen LogP contribution in [-0.4, -0.2) is 6.54 Å². The lowest BCUT2D eigenvalue weighted by molar-refractivity contribution is 1.02. The van der Waals surface area contributed by atoms with E-state index in [1.807, 2.05) is 24.3 Å². The number of aryl methyl sites for hydroxylation is 1. The fourth-order valence-electron chi connectivity index (χ4n) is 1.87. The molecule has 0 saturated heterocycles. The maximum atomic E-state index is 5.72. The van der Waals surface area contributed by atoms with Crippen LogP contribution in [0, 0.1) is 6.92 Å². The summed E-state index contributed by atoms with van der Waals surface area (Å²) in [6, 6.07) is 16.5. The van der Waals surface area contributed by atoms with Gasteiger partial charge in [0.05, 0.1) is 0 Å². The zero-order valence-electron chi connectivity index (χ0n) is 10.1. The van der Waals surface area contributed by atoms with Gasteiger partial charge in [-0.25, -0.2) is 0 Å². The first-order valence-corrected chi connectivity index (χ1v) is 5.89. The first kappa shape index (κ1) is 11.5. The maximum absolute atomic E-state index is 5.72. The monoisotopic (exact) mass is 226 g/mol. The second-order valence-electron chi connectivity index (χ2n) is 4.29. The zero-order valence-corrected chi connectivity index (χ0v) is 10.1. The molecule has 0 spiro atoms. The van der Waals surface area contributed by atoms with Crippen LogP contribution in [0.15, 0.2) is 48.5 Å². The fraction of sp³-hybridized carbons (Fsp3) is 0.200. The fourth-order valence-corrected chi connectivity index (χ4v) is 1.87. The van der Waals surface area contributed by atoms with Crippen LogP contribution in [-0.2, 0) is 6.42 Å². The predicted octanol–water partition coefficient (Wildman–Crippen LogP) is 3.23. The van der Waals surface area contributed by atoms with Crippen molar-refractivity contribution >= 4 is 11.4 Å². The van der Waals surface area contributed by atoms with Crippen LogP contribution in [0.5, 0.6) is 0 Å². The van der Waals surface area contributed by atoms with E-state index in [1.54, 1.807) is 0 Å². The van der Waals surface area contributed by atoms with E-state index in [0.717, 1.165) is 24.3 Å². The van der Waals surface area contributed by atoms with Gasteiger partial charge in [-0.15, -0.1) is 0 Å². The molecule has 2 nitrogen and oxygen atoms in total. The zero-order chi connectivity index (χ0) is 12.1. The summed E-state index contributed by atoms with van der Waals surface area (Å²) in [6.45, 7) is 3.04. The Hall–Kier alpha value is -1.96. The first-order valence-electron chi connectivity index (χ1n) is 5.89. The smallest absolute Gasteiger partial charge is 0.0360 e. The Kier molecular flexibility index (Phi) is 3.66. The van der Waals surface area contributed by atoms with Gasteiger partial charge in [0.2, 0.25) is 0 Å². The van der Waals surface area contributed by atoms with E-state index in [0.29, 0.717) is 0 Å². The van der Waals surface area contributed by atoms with Crippen LogP contribution in [0.3, 0.4) is 0 Å². The molecule has 0 aliphatic carbocycles. The molecule has 2 rings (SSSR count). The topological polar surface area (TPSA) is 38.0 Å². The molecule has 2 aromatic rings. The van der Waals surface area contributed by atoms with E-state index >= 15 is 0 Å². The molecule has 2 heteroatoms. The summed E-state index contributed by atoms with van der Waals surface area (Å²) < 4.78 is 0. The minimum absolute atomic E-state index is 0.797. The third-order valence-corrected chi connectivity index (χ3v) is 2.71. The van der Waals surface area contributed by atoms with E-state index < -0.39 is 0 Å².